The number of rotatable bonds is 5. The lowest BCUT2D eigenvalue weighted by molar-refractivity contribution is 0.0949. The smallest absolute Gasteiger partial charge is 0.274 e. The van der Waals surface area contributed by atoms with Crippen LogP contribution < -0.4 is 10.6 Å². The van der Waals surface area contributed by atoms with Gasteiger partial charge in [0, 0.05) is 18.3 Å². The second-order valence-corrected chi connectivity index (χ2v) is 5.71. The van der Waals surface area contributed by atoms with Crippen LogP contribution in [0.5, 0.6) is 0 Å². The number of hydrogen-bond donors (Lipinski definition) is 2. The fourth-order valence-corrected chi connectivity index (χ4v) is 1.90. The van der Waals surface area contributed by atoms with Crippen molar-refractivity contribution in [3.8, 4) is 0 Å². The van der Waals surface area contributed by atoms with Crippen molar-refractivity contribution in [2.75, 3.05) is 11.9 Å². The molecule has 0 spiro atoms. The first-order valence-electron chi connectivity index (χ1n) is 7.48. The topological polar surface area (TPSA) is 71.1 Å². The van der Waals surface area contributed by atoms with E-state index in [9.17, 15) is 22.8 Å². The van der Waals surface area contributed by atoms with Crippen LogP contribution in [0.25, 0.3) is 0 Å². The highest BCUT2D eigenvalue weighted by molar-refractivity contribution is 6.04. The molecule has 25 heavy (non-hydrogen) atoms. The van der Waals surface area contributed by atoms with E-state index in [0.29, 0.717) is 12.6 Å². The summed E-state index contributed by atoms with van der Waals surface area (Å²) in [6, 6.07) is 4.23. The van der Waals surface area contributed by atoms with Crippen LogP contribution in [0, 0.1) is 23.4 Å². The van der Waals surface area contributed by atoms with E-state index in [1.165, 1.54) is 18.3 Å². The van der Waals surface area contributed by atoms with Crippen molar-refractivity contribution in [3.05, 3.63) is 59.2 Å². The highest BCUT2D eigenvalue weighted by atomic mass is 19.2. The van der Waals surface area contributed by atoms with E-state index in [2.05, 4.69) is 15.6 Å². The molecule has 0 bridgehead atoms. The quantitative estimate of drug-likeness (QED) is 0.813. The predicted octanol–water partition coefficient (Wildman–Crippen LogP) is 3.14. The van der Waals surface area contributed by atoms with E-state index in [1.54, 1.807) is 0 Å². The van der Waals surface area contributed by atoms with E-state index in [4.69, 9.17) is 0 Å². The number of anilines is 1. The van der Waals surface area contributed by atoms with Gasteiger partial charge in [-0.2, -0.15) is 0 Å². The molecule has 0 aliphatic rings. The van der Waals surface area contributed by atoms with Crippen molar-refractivity contribution in [3.63, 3.8) is 0 Å². The molecule has 1 aromatic carbocycles. The van der Waals surface area contributed by atoms with Gasteiger partial charge in [-0.05, 0) is 30.2 Å². The summed E-state index contributed by atoms with van der Waals surface area (Å²) < 4.78 is 39.7. The lowest BCUT2D eigenvalue weighted by atomic mass is 10.2. The van der Waals surface area contributed by atoms with Gasteiger partial charge in [-0.15, -0.1) is 0 Å². The van der Waals surface area contributed by atoms with Crippen LogP contribution in [0.2, 0.25) is 0 Å². The van der Waals surface area contributed by atoms with E-state index in [1.807, 2.05) is 13.8 Å². The highest BCUT2D eigenvalue weighted by Crippen LogP contribution is 2.20. The molecule has 0 unspecified atom stereocenters. The van der Waals surface area contributed by atoms with Gasteiger partial charge in [0.15, 0.2) is 17.5 Å². The van der Waals surface area contributed by atoms with Gasteiger partial charge < -0.3 is 10.6 Å². The Hall–Kier alpha value is -2.90. The molecule has 1 aromatic heterocycles. The van der Waals surface area contributed by atoms with Crippen LogP contribution >= 0.6 is 0 Å². The maximum Gasteiger partial charge on any atom is 0.274 e. The van der Waals surface area contributed by atoms with Crippen molar-refractivity contribution in [1.82, 2.24) is 10.3 Å². The van der Waals surface area contributed by atoms with Crippen LogP contribution in [0.1, 0.15) is 34.7 Å². The SMILES string of the molecule is CC(C)CNC(=O)c1ccnc(C(=O)Nc2ccc(F)c(F)c2F)c1. The molecule has 5 nitrogen and oxygen atoms in total. The normalized spacial score (nSPS) is 10.6. The van der Waals surface area contributed by atoms with E-state index >= 15 is 0 Å². The van der Waals surface area contributed by atoms with Crippen molar-refractivity contribution >= 4 is 17.5 Å². The Morgan fingerprint density at radius 2 is 1.80 bits per heavy atom. The summed E-state index contributed by atoms with van der Waals surface area (Å²) in [6.07, 6.45) is 1.25. The largest absolute Gasteiger partial charge is 0.352 e. The minimum absolute atomic E-state index is 0.165. The molecular weight excluding hydrogens is 335 g/mol. The zero-order valence-electron chi connectivity index (χ0n) is 13.6. The van der Waals surface area contributed by atoms with Crippen molar-refractivity contribution in [2.45, 2.75) is 13.8 Å². The van der Waals surface area contributed by atoms with Crippen molar-refractivity contribution < 1.29 is 22.8 Å². The number of aromatic nitrogens is 1. The molecule has 0 fully saturated rings. The van der Waals surface area contributed by atoms with Gasteiger partial charge in [-0.1, -0.05) is 13.8 Å². The molecule has 2 N–H and O–H groups in total. The Morgan fingerprint density at radius 3 is 2.48 bits per heavy atom. The fourth-order valence-electron chi connectivity index (χ4n) is 1.90. The monoisotopic (exact) mass is 351 g/mol. The maximum atomic E-state index is 13.6. The molecule has 0 radical (unpaired) electrons. The zero-order valence-corrected chi connectivity index (χ0v) is 13.6. The Kier molecular flexibility index (Phi) is 5.74. The van der Waals surface area contributed by atoms with Crippen LogP contribution in [-0.4, -0.2) is 23.3 Å². The standard InChI is InChI=1S/C17H16F3N3O2/c1-9(2)8-22-16(24)10-5-6-21-13(7-10)17(25)23-12-4-3-11(18)14(19)15(12)20/h3-7,9H,8H2,1-2H3,(H,22,24)(H,23,25). The highest BCUT2D eigenvalue weighted by Gasteiger charge is 2.17. The summed E-state index contributed by atoms with van der Waals surface area (Å²) in [5.74, 6) is -5.55. The molecule has 2 amide bonds. The molecule has 2 rings (SSSR count). The lowest BCUT2D eigenvalue weighted by Gasteiger charge is -2.09. The van der Waals surface area contributed by atoms with Gasteiger partial charge >= 0.3 is 0 Å². The number of carbonyl (C=O) groups excluding carboxylic acids is 2. The minimum Gasteiger partial charge on any atom is -0.352 e. The summed E-state index contributed by atoms with van der Waals surface area (Å²) in [5.41, 5.74) is -0.492. The number of nitrogens with zero attached hydrogens (tertiary/aromatic N) is 1. The summed E-state index contributed by atoms with van der Waals surface area (Å²) >= 11 is 0. The lowest BCUT2D eigenvalue weighted by Crippen LogP contribution is -2.27. The van der Waals surface area contributed by atoms with Gasteiger partial charge in [-0.3, -0.25) is 14.6 Å². The molecular formula is C17H16F3N3O2. The number of nitrogens with one attached hydrogen (secondary N) is 2. The Balaban J connectivity index is 2.16. The Morgan fingerprint density at radius 1 is 1.08 bits per heavy atom. The van der Waals surface area contributed by atoms with Gasteiger partial charge in [0.2, 0.25) is 0 Å². The summed E-state index contributed by atoms with van der Waals surface area (Å²) in [7, 11) is 0. The molecule has 1 heterocycles. The number of amides is 2. The van der Waals surface area contributed by atoms with Gasteiger partial charge in [0.1, 0.15) is 5.69 Å². The number of pyridine rings is 1. The summed E-state index contributed by atoms with van der Waals surface area (Å²) in [4.78, 5) is 27.9. The molecule has 0 aliphatic heterocycles. The second-order valence-electron chi connectivity index (χ2n) is 5.71. The third-order valence-electron chi connectivity index (χ3n) is 3.21. The first-order chi connectivity index (χ1) is 11.8. The van der Waals surface area contributed by atoms with E-state index in [-0.39, 0.29) is 23.1 Å². The van der Waals surface area contributed by atoms with Crippen LogP contribution in [-0.2, 0) is 0 Å². The summed E-state index contributed by atoms with van der Waals surface area (Å²) in [6.45, 7) is 4.33. The number of hydrogen-bond acceptors (Lipinski definition) is 3. The van der Waals surface area contributed by atoms with Crippen molar-refractivity contribution in [2.24, 2.45) is 5.92 Å². The Bertz CT molecular complexity index is 810. The van der Waals surface area contributed by atoms with Crippen LogP contribution in [0.4, 0.5) is 18.9 Å². The van der Waals surface area contributed by atoms with Gasteiger partial charge in [0.05, 0.1) is 5.69 Å². The third kappa shape index (κ3) is 4.56. The van der Waals surface area contributed by atoms with E-state index in [0.717, 1.165) is 6.07 Å². The fraction of sp³-hybridized carbons (Fsp3) is 0.235. The van der Waals surface area contributed by atoms with Gasteiger partial charge in [-0.25, -0.2) is 13.2 Å². The molecule has 0 saturated carbocycles. The van der Waals surface area contributed by atoms with Crippen molar-refractivity contribution in [1.29, 1.82) is 0 Å². The molecule has 0 atom stereocenters. The average molecular weight is 351 g/mol. The minimum atomic E-state index is -1.69. The Labute approximate surface area is 142 Å². The molecule has 2 aromatic rings. The molecule has 0 aliphatic carbocycles. The number of halogens is 3. The summed E-state index contributed by atoms with van der Waals surface area (Å²) in [5, 5.41) is 4.78. The maximum absolute atomic E-state index is 13.6. The predicted molar refractivity (Wildman–Crippen MR) is 85.7 cm³/mol. The van der Waals surface area contributed by atoms with Gasteiger partial charge in [0.25, 0.3) is 11.8 Å². The average Bonchev–Trinajstić information content (AvgIpc) is 2.60. The van der Waals surface area contributed by atoms with E-state index < -0.39 is 29.0 Å². The van der Waals surface area contributed by atoms with Crippen LogP contribution in [0.15, 0.2) is 30.5 Å². The zero-order chi connectivity index (χ0) is 18.6. The molecule has 8 heteroatoms. The number of benzene rings is 1. The molecule has 132 valence electrons. The number of carbonyl (C=O) groups is 2. The van der Waals surface area contributed by atoms with Crippen LogP contribution in [0.3, 0.4) is 0 Å². The molecule has 0 saturated heterocycles. The second kappa shape index (κ2) is 7.78. The third-order valence-corrected chi connectivity index (χ3v) is 3.21. The first-order valence-corrected chi connectivity index (χ1v) is 7.48. The first kappa shape index (κ1) is 18.4.